The van der Waals surface area contributed by atoms with E-state index < -0.39 is 28.5 Å². The molecule has 1 N–H and O–H groups in total. The van der Waals surface area contributed by atoms with Gasteiger partial charge < -0.3 is 15.0 Å². The Morgan fingerprint density at radius 1 is 0.867 bits per heavy atom. The van der Waals surface area contributed by atoms with Crippen molar-refractivity contribution in [2.75, 3.05) is 18.0 Å². The van der Waals surface area contributed by atoms with E-state index in [1.54, 1.807) is 36.4 Å². The Labute approximate surface area is 274 Å². The topological polar surface area (TPSA) is 96.0 Å². The zero-order chi connectivity index (χ0) is 32.6. The molecule has 4 aromatic rings. The number of rotatable bonds is 13. The number of nitrogens with zero attached hydrogens (tertiary/aromatic N) is 2. The summed E-state index contributed by atoms with van der Waals surface area (Å²) in [6.07, 6.45) is 0.239. The van der Waals surface area contributed by atoms with E-state index in [1.165, 1.54) is 24.1 Å². The van der Waals surface area contributed by atoms with Crippen LogP contribution < -0.4 is 14.4 Å². The Kier molecular flexibility index (Phi) is 11.4. The van der Waals surface area contributed by atoms with Crippen LogP contribution >= 0.6 is 15.9 Å². The molecule has 4 rings (SSSR count). The van der Waals surface area contributed by atoms with Crippen LogP contribution in [0.2, 0.25) is 0 Å². The molecule has 0 aromatic heterocycles. The monoisotopic (exact) mass is 691 g/mol. The lowest BCUT2D eigenvalue weighted by atomic mass is 10.0. The molecule has 0 bridgehead atoms. The van der Waals surface area contributed by atoms with Gasteiger partial charge in [-0.25, -0.2) is 8.42 Å². The molecule has 45 heavy (non-hydrogen) atoms. The average molecular weight is 693 g/mol. The number of hydrogen-bond donors (Lipinski definition) is 1. The van der Waals surface area contributed by atoms with Crippen molar-refractivity contribution in [3.05, 3.63) is 124 Å². The summed E-state index contributed by atoms with van der Waals surface area (Å²) in [5.74, 6) is -0.423. The van der Waals surface area contributed by atoms with E-state index >= 15 is 0 Å². The summed E-state index contributed by atoms with van der Waals surface area (Å²) in [6.45, 7) is 5.12. The Morgan fingerprint density at radius 3 is 2.18 bits per heavy atom. The van der Waals surface area contributed by atoms with Gasteiger partial charge in [-0.3, -0.25) is 13.9 Å². The van der Waals surface area contributed by atoms with Crippen molar-refractivity contribution in [1.29, 1.82) is 0 Å². The van der Waals surface area contributed by atoms with Crippen molar-refractivity contribution in [2.45, 2.75) is 50.7 Å². The minimum atomic E-state index is -4.21. The van der Waals surface area contributed by atoms with Gasteiger partial charge in [0, 0.05) is 29.5 Å². The van der Waals surface area contributed by atoms with E-state index in [2.05, 4.69) is 21.2 Å². The molecular weight excluding hydrogens is 654 g/mol. The second-order valence-corrected chi connectivity index (χ2v) is 13.8. The highest BCUT2D eigenvalue weighted by molar-refractivity contribution is 9.10. The summed E-state index contributed by atoms with van der Waals surface area (Å²) in [5.41, 5.74) is 2.81. The summed E-state index contributed by atoms with van der Waals surface area (Å²) in [7, 11) is -2.72. The van der Waals surface area contributed by atoms with E-state index in [0.29, 0.717) is 5.75 Å². The third kappa shape index (κ3) is 8.95. The molecule has 236 valence electrons. The predicted molar refractivity (Wildman–Crippen MR) is 181 cm³/mol. The first-order chi connectivity index (χ1) is 21.5. The van der Waals surface area contributed by atoms with Crippen molar-refractivity contribution in [2.24, 2.45) is 0 Å². The van der Waals surface area contributed by atoms with Crippen molar-refractivity contribution >= 4 is 43.5 Å². The lowest BCUT2D eigenvalue weighted by Crippen LogP contribution is -2.54. The number of halogens is 1. The smallest absolute Gasteiger partial charge is 0.264 e. The van der Waals surface area contributed by atoms with E-state index in [-0.39, 0.29) is 35.5 Å². The first-order valence-electron chi connectivity index (χ1n) is 14.6. The lowest BCUT2D eigenvalue weighted by molar-refractivity contribution is -0.140. The molecular formula is C35H38BrN3O5S. The van der Waals surface area contributed by atoms with Gasteiger partial charge in [0.05, 0.1) is 17.7 Å². The van der Waals surface area contributed by atoms with E-state index in [9.17, 15) is 18.0 Å². The van der Waals surface area contributed by atoms with Crippen LogP contribution in [-0.2, 0) is 32.6 Å². The lowest BCUT2D eigenvalue weighted by Gasteiger charge is -2.34. The highest BCUT2D eigenvalue weighted by Gasteiger charge is 2.35. The molecule has 8 nitrogen and oxygen atoms in total. The largest absolute Gasteiger partial charge is 0.497 e. The molecule has 0 saturated carbocycles. The van der Waals surface area contributed by atoms with Crippen molar-refractivity contribution in [1.82, 2.24) is 10.2 Å². The molecule has 4 aromatic carbocycles. The molecule has 2 amide bonds. The standard InChI is InChI=1S/C35H38BrN3O5S/c1-25(2)37-35(41)33(21-27-10-6-5-7-11-27)38(23-28-12-8-13-29(36)20-28)34(40)24-39(30-14-9-15-31(22-30)44-4)45(42,43)32-18-16-26(3)17-19-32/h5-20,22,25,33H,21,23-24H2,1-4H3,(H,37,41)/t33-/m1/s1. The quantitative estimate of drug-likeness (QED) is 0.182. The Balaban J connectivity index is 1.82. The van der Waals surface area contributed by atoms with Gasteiger partial charge in [0.1, 0.15) is 18.3 Å². The normalized spacial score (nSPS) is 12.0. The molecule has 0 fully saturated rings. The number of nitrogens with one attached hydrogen (secondary N) is 1. The van der Waals surface area contributed by atoms with Crippen molar-refractivity contribution in [3.8, 4) is 5.75 Å². The third-order valence-electron chi connectivity index (χ3n) is 7.17. The van der Waals surface area contributed by atoms with Crippen LogP contribution in [0.1, 0.15) is 30.5 Å². The molecule has 10 heteroatoms. The van der Waals surface area contributed by atoms with E-state index in [0.717, 1.165) is 25.5 Å². The zero-order valence-corrected chi connectivity index (χ0v) is 28.2. The third-order valence-corrected chi connectivity index (χ3v) is 9.45. The fraction of sp³-hybridized carbons (Fsp3) is 0.257. The summed E-state index contributed by atoms with van der Waals surface area (Å²) in [5, 5.41) is 2.97. The van der Waals surface area contributed by atoms with Gasteiger partial charge in [0.15, 0.2) is 0 Å². The van der Waals surface area contributed by atoms with Gasteiger partial charge in [-0.2, -0.15) is 0 Å². The number of hydrogen-bond acceptors (Lipinski definition) is 5. The first-order valence-corrected chi connectivity index (χ1v) is 16.8. The second kappa shape index (κ2) is 15.2. The maximum atomic E-state index is 14.5. The Hall–Kier alpha value is -4.15. The van der Waals surface area contributed by atoms with Crippen molar-refractivity contribution in [3.63, 3.8) is 0 Å². The average Bonchev–Trinajstić information content (AvgIpc) is 3.01. The van der Waals surface area contributed by atoms with E-state index in [4.69, 9.17) is 4.74 Å². The molecule has 0 aliphatic heterocycles. The highest BCUT2D eigenvalue weighted by Crippen LogP contribution is 2.28. The maximum absolute atomic E-state index is 14.5. The van der Waals surface area contributed by atoms with Crippen LogP contribution in [-0.4, -0.2) is 50.9 Å². The zero-order valence-electron chi connectivity index (χ0n) is 25.8. The number of sulfonamides is 1. The summed E-state index contributed by atoms with van der Waals surface area (Å²) < 4.78 is 35.6. The molecule has 0 aliphatic rings. The number of aryl methyl sites for hydroxylation is 1. The van der Waals surface area contributed by atoms with Gasteiger partial charge >= 0.3 is 0 Å². The predicted octanol–water partition coefficient (Wildman–Crippen LogP) is 6.13. The fourth-order valence-corrected chi connectivity index (χ4v) is 6.75. The molecule has 0 heterocycles. The molecule has 0 radical (unpaired) electrons. The summed E-state index contributed by atoms with van der Waals surface area (Å²) in [4.78, 5) is 29.8. The minimum absolute atomic E-state index is 0.0423. The van der Waals surface area contributed by atoms with Crippen LogP contribution in [0, 0.1) is 6.92 Å². The van der Waals surface area contributed by atoms with E-state index in [1.807, 2.05) is 75.4 Å². The SMILES string of the molecule is COc1cccc(N(CC(=O)N(Cc2cccc(Br)c2)[C@H](Cc2ccccc2)C(=O)NC(C)C)S(=O)(=O)c2ccc(C)cc2)c1. The molecule has 0 unspecified atom stereocenters. The molecule has 0 aliphatic carbocycles. The highest BCUT2D eigenvalue weighted by atomic mass is 79.9. The van der Waals surface area contributed by atoms with Gasteiger partial charge in [0.2, 0.25) is 11.8 Å². The number of amides is 2. The van der Waals surface area contributed by atoms with Crippen LogP contribution in [0.4, 0.5) is 5.69 Å². The molecule has 0 saturated heterocycles. The molecule has 1 atom stereocenters. The van der Waals surface area contributed by atoms with Crippen LogP contribution in [0.15, 0.2) is 112 Å². The number of anilines is 1. The Morgan fingerprint density at radius 2 is 1.53 bits per heavy atom. The minimum Gasteiger partial charge on any atom is -0.497 e. The van der Waals surface area contributed by atoms with Gasteiger partial charge in [-0.15, -0.1) is 0 Å². The van der Waals surface area contributed by atoms with Crippen LogP contribution in [0.3, 0.4) is 0 Å². The van der Waals surface area contributed by atoms with Gasteiger partial charge in [0.25, 0.3) is 10.0 Å². The number of carbonyl (C=O) groups is 2. The number of ether oxygens (including phenoxy) is 1. The summed E-state index contributed by atoms with van der Waals surface area (Å²) >= 11 is 3.50. The Bertz CT molecular complexity index is 1710. The number of methoxy groups -OCH3 is 1. The van der Waals surface area contributed by atoms with Gasteiger partial charge in [-0.1, -0.05) is 82.2 Å². The second-order valence-electron chi connectivity index (χ2n) is 11.0. The maximum Gasteiger partial charge on any atom is 0.264 e. The van der Waals surface area contributed by atoms with Crippen molar-refractivity contribution < 1.29 is 22.7 Å². The fourth-order valence-electron chi connectivity index (χ4n) is 4.90. The van der Waals surface area contributed by atoms with Crippen LogP contribution in [0.5, 0.6) is 5.75 Å². The number of benzene rings is 4. The first kappa shape index (κ1) is 33.7. The van der Waals surface area contributed by atoms with Gasteiger partial charge in [-0.05, 0) is 68.3 Å². The number of carbonyl (C=O) groups excluding carboxylic acids is 2. The van der Waals surface area contributed by atoms with Crippen LogP contribution in [0.25, 0.3) is 0 Å². The molecule has 0 spiro atoms. The summed E-state index contributed by atoms with van der Waals surface area (Å²) in [6, 6.07) is 28.9.